The number of aliphatic hydroxyl groups excluding tert-OH is 1. The summed E-state index contributed by atoms with van der Waals surface area (Å²) in [5.74, 6) is 0. The summed E-state index contributed by atoms with van der Waals surface area (Å²) in [4.78, 5) is 0.204. The summed E-state index contributed by atoms with van der Waals surface area (Å²) in [5.41, 5.74) is 9.80. The highest BCUT2D eigenvalue weighted by atomic mass is 32.1. The van der Waals surface area contributed by atoms with E-state index in [0.29, 0.717) is 0 Å². The van der Waals surface area contributed by atoms with Gasteiger partial charge in [0.25, 0.3) is 0 Å². The Morgan fingerprint density at radius 3 is 1.44 bits per heavy atom. The van der Waals surface area contributed by atoms with Crippen LogP contribution in [0.15, 0.2) is 0 Å². The molecule has 3 nitrogen and oxygen atoms in total. The minimum absolute atomic E-state index is 0.102. The summed E-state index contributed by atoms with van der Waals surface area (Å²) >= 11 is 8.66. The number of hydrogen-bond donors (Lipinski definition) is 3. The van der Waals surface area contributed by atoms with Crippen LogP contribution in [0.3, 0.4) is 0 Å². The molecule has 0 fully saturated rings. The van der Waals surface area contributed by atoms with Gasteiger partial charge in [0.2, 0.25) is 0 Å². The third kappa shape index (κ3) is 18.2. The zero-order valence-corrected chi connectivity index (χ0v) is 6.76. The highest BCUT2D eigenvalue weighted by Crippen LogP contribution is 1.62. The minimum atomic E-state index is 0.102. The molecule has 0 unspecified atom stereocenters. The van der Waals surface area contributed by atoms with Gasteiger partial charge in [0.1, 0.15) is 9.98 Å². The fourth-order valence-electron chi connectivity index (χ4n) is 0. The summed E-state index contributed by atoms with van der Waals surface area (Å²) in [5, 5.41) is 7.57. The van der Waals surface area contributed by atoms with Gasteiger partial charge in [0.15, 0.2) is 0 Å². The van der Waals surface area contributed by atoms with Crippen molar-refractivity contribution in [2.45, 2.75) is 6.92 Å². The molecular weight excluding hydrogens is 156 g/mol. The SMILES string of the molecule is CCO.NC(=S)C(N)=S. The number of aliphatic hydroxyl groups is 1. The monoisotopic (exact) mass is 166 g/mol. The van der Waals surface area contributed by atoms with E-state index in [4.69, 9.17) is 16.6 Å². The van der Waals surface area contributed by atoms with Crippen LogP contribution in [0.4, 0.5) is 0 Å². The molecule has 5 heteroatoms. The van der Waals surface area contributed by atoms with Crippen molar-refractivity contribution in [3.63, 3.8) is 0 Å². The van der Waals surface area contributed by atoms with Crippen molar-refractivity contribution in [1.29, 1.82) is 0 Å². The van der Waals surface area contributed by atoms with Crippen LogP contribution in [0.25, 0.3) is 0 Å². The molecule has 0 aliphatic carbocycles. The standard InChI is InChI=1S/C2H4N2S2.C2H6O/c3-1(5)2(4)6;1-2-3/h(H2,3,5)(H2,4,6);3H,2H2,1H3. The predicted octanol–water partition coefficient (Wildman–Crippen LogP) is -0.443. The molecule has 0 rings (SSSR count). The van der Waals surface area contributed by atoms with Crippen LogP contribution in [-0.2, 0) is 0 Å². The second kappa shape index (κ2) is 7.74. The van der Waals surface area contributed by atoms with Crippen molar-refractivity contribution in [2.24, 2.45) is 11.5 Å². The van der Waals surface area contributed by atoms with Crippen LogP contribution in [0.1, 0.15) is 6.92 Å². The van der Waals surface area contributed by atoms with Crippen LogP contribution in [0.2, 0.25) is 0 Å². The highest BCUT2D eigenvalue weighted by molar-refractivity contribution is 7.89. The van der Waals surface area contributed by atoms with E-state index < -0.39 is 0 Å². The molecule has 9 heavy (non-hydrogen) atoms. The summed E-state index contributed by atoms with van der Waals surface area (Å²) in [6, 6.07) is 0. The molecule has 0 atom stereocenters. The molecule has 0 bridgehead atoms. The maximum absolute atomic E-state index is 7.57. The summed E-state index contributed by atoms with van der Waals surface area (Å²) in [6.45, 7) is 1.93. The van der Waals surface area contributed by atoms with E-state index in [-0.39, 0.29) is 16.6 Å². The van der Waals surface area contributed by atoms with Gasteiger partial charge in [-0.15, -0.1) is 0 Å². The molecule has 0 amide bonds. The first-order valence-electron chi connectivity index (χ1n) is 2.26. The average Bonchev–Trinajstić information content (AvgIpc) is 1.68. The van der Waals surface area contributed by atoms with Crippen LogP contribution in [0.5, 0.6) is 0 Å². The molecule has 0 spiro atoms. The molecule has 0 aromatic heterocycles. The van der Waals surface area contributed by atoms with Crippen molar-refractivity contribution in [3.05, 3.63) is 0 Å². The maximum atomic E-state index is 7.57. The Balaban J connectivity index is 0. The van der Waals surface area contributed by atoms with E-state index in [1.165, 1.54) is 0 Å². The summed E-state index contributed by atoms with van der Waals surface area (Å²) in [7, 11) is 0. The van der Waals surface area contributed by atoms with E-state index >= 15 is 0 Å². The van der Waals surface area contributed by atoms with Gasteiger partial charge in [0, 0.05) is 6.61 Å². The second-order valence-corrected chi connectivity index (χ2v) is 1.92. The molecular formula is C4H10N2OS2. The van der Waals surface area contributed by atoms with Gasteiger partial charge < -0.3 is 16.6 Å². The first kappa shape index (κ1) is 11.5. The normalized spacial score (nSPS) is 6.89. The third-order valence-electron chi connectivity index (χ3n) is 0.243. The molecule has 0 aliphatic rings. The quantitative estimate of drug-likeness (QED) is 0.425. The fourth-order valence-corrected chi connectivity index (χ4v) is 0. The summed E-state index contributed by atoms with van der Waals surface area (Å²) < 4.78 is 0. The van der Waals surface area contributed by atoms with E-state index in [1.807, 2.05) is 0 Å². The molecule has 0 heterocycles. The first-order chi connectivity index (χ1) is 4.06. The Kier molecular flexibility index (Phi) is 9.91. The topological polar surface area (TPSA) is 72.3 Å². The molecule has 54 valence electrons. The van der Waals surface area contributed by atoms with E-state index in [1.54, 1.807) is 6.92 Å². The number of nitrogens with two attached hydrogens (primary N) is 2. The van der Waals surface area contributed by atoms with Crippen LogP contribution in [-0.4, -0.2) is 21.7 Å². The van der Waals surface area contributed by atoms with Crippen molar-refractivity contribution in [2.75, 3.05) is 6.61 Å². The van der Waals surface area contributed by atoms with Crippen LogP contribution in [0, 0.1) is 0 Å². The van der Waals surface area contributed by atoms with Gasteiger partial charge in [-0.3, -0.25) is 0 Å². The first-order valence-corrected chi connectivity index (χ1v) is 3.08. The molecule has 0 saturated heterocycles. The van der Waals surface area contributed by atoms with Crippen LogP contribution >= 0.6 is 24.4 Å². The van der Waals surface area contributed by atoms with E-state index in [9.17, 15) is 0 Å². The van der Waals surface area contributed by atoms with Gasteiger partial charge >= 0.3 is 0 Å². The van der Waals surface area contributed by atoms with Crippen molar-refractivity contribution in [1.82, 2.24) is 0 Å². The largest absolute Gasteiger partial charge is 0.397 e. The highest BCUT2D eigenvalue weighted by Gasteiger charge is 1.84. The van der Waals surface area contributed by atoms with Crippen molar-refractivity contribution < 1.29 is 5.11 Å². The molecule has 5 N–H and O–H groups in total. The molecule has 0 saturated carbocycles. The second-order valence-electron chi connectivity index (χ2n) is 1.04. The number of rotatable bonds is 0. The minimum Gasteiger partial charge on any atom is -0.397 e. The van der Waals surface area contributed by atoms with Gasteiger partial charge in [-0.25, -0.2) is 0 Å². The summed E-state index contributed by atoms with van der Waals surface area (Å²) in [6.07, 6.45) is 0. The predicted molar refractivity (Wildman–Crippen MR) is 46.3 cm³/mol. The average molecular weight is 166 g/mol. The Hall–Kier alpha value is -0.260. The van der Waals surface area contributed by atoms with E-state index in [0.717, 1.165) is 0 Å². The van der Waals surface area contributed by atoms with Crippen molar-refractivity contribution >= 4 is 34.4 Å². The Morgan fingerprint density at radius 2 is 1.44 bits per heavy atom. The lowest BCUT2D eigenvalue weighted by molar-refractivity contribution is 0.318. The lowest BCUT2D eigenvalue weighted by Crippen LogP contribution is -2.26. The van der Waals surface area contributed by atoms with Gasteiger partial charge in [0.05, 0.1) is 0 Å². The molecule has 0 radical (unpaired) electrons. The fraction of sp³-hybridized carbons (Fsp3) is 0.500. The van der Waals surface area contributed by atoms with Crippen molar-refractivity contribution in [3.8, 4) is 0 Å². The number of hydrogen-bond acceptors (Lipinski definition) is 3. The zero-order valence-electron chi connectivity index (χ0n) is 5.13. The Bertz CT molecular complexity index is 92.7. The van der Waals surface area contributed by atoms with Crippen LogP contribution < -0.4 is 11.5 Å². The molecule has 0 aromatic rings. The Morgan fingerprint density at radius 1 is 1.33 bits per heavy atom. The molecule has 0 aromatic carbocycles. The Labute approximate surface area is 65.0 Å². The van der Waals surface area contributed by atoms with Gasteiger partial charge in [-0.2, -0.15) is 0 Å². The third-order valence-corrected chi connectivity index (χ3v) is 0.812. The molecule has 0 aliphatic heterocycles. The zero-order chi connectivity index (χ0) is 7.86. The van der Waals surface area contributed by atoms with Gasteiger partial charge in [-0.05, 0) is 6.92 Å². The number of thiocarbonyl (C=S) groups is 2. The lowest BCUT2D eigenvalue weighted by atomic mass is 10.7. The van der Waals surface area contributed by atoms with E-state index in [2.05, 4.69) is 24.4 Å². The maximum Gasteiger partial charge on any atom is 0.131 e. The smallest absolute Gasteiger partial charge is 0.131 e. The lowest BCUT2D eigenvalue weighted by Gasteiger charge is -1.84. The van der Waals surface area contributed by atoms with Gasteiger partial charge in [-0.1, -0.05) is 24.4 Å².